The fourth-order valence-electron chi connectivity index (χ4n) is 4.07. The first-order valence-electron chi connectivity index (χ1n) is 9.65. The molecule has 1 aliphatic heterocycles. The number of rotatable bonds is 1. The highest BCUT2D eigenvalue weighted by molar-refractivity contribution is 14.1. The number of pyridine rings is 1. The lowest BCUT2D eigenvalue weighted by Gasteiger charge is -2.29. The van der Waals surface area contributed by atoms with Gasteiger partial charge in [0.05, 0.1) is 12.3 Å². The van der Waals surface area contributed by atoms with Gasteiger partial charge in [0.15, 0.2) is 0 Å². The number of likely N-dealkylation sites (tertiary alicyclic amines) is 1. The number of benzene rings is 1. The first-order chi connectivity index (χ1) is 13.6. The van der Waals surface area contributed by atoms with Gasteiger partial charge in [0, 0.05) is 23.7 Å². The molecule has 1 saturated heterocycles. The van der Waals surface area contributed by atoms with E-state index in [0.717, 1.165) is 40.1 Å². The molecule has 1 fully saturated rings. The van der Waals surface area contributed by atoms with E-state index in [4.69, 9.17) is 21.3 Å². The summed E-state index contributed by atoms with van der Waals surface area (Å²) in [6, 6.07) is 10.5. The van der Waals surface area contributed by atoms with Crippen molar-refractivity contribution in [3.05, 3.63) is 67.0 Å². The number of nitrogens with zero attached hydrogens (tertiary/aromatic N) is 2. The Kier molecular flexibility index (Phi) is 5.92. The number of ether oxygens (including phenoxy) is 1. The van der Waals surface area contributed by atoms with Crippen molar-refractivity contribution in [3.63, 3.8) is 0 Å². The Balaban J connectivity index is 1.78. The molecule has 1 aliphatic carbocycles. The summed E-state index contributed by atoms with van der Waals surface area (Å²) in [6.45, 7) is 3.61. The minimum Gasteiger partial charge on any atom is -0.450 e. The van der Waals surface area contributed by atoms with Crippen molar-refractivity contribution in [1.82, 2.24) is 9.88 Å². The van der Waals surface area contributed by atoms with Crippen molar-refractivity contribution in [2.24, 2.45) is 0 Å². The third-order valence-corrected chi connectivity index (χ3v) is 6.26. The van der Waals surface area contributed by atoms with Crippen LogP contribution >= 0.6 is 34.2 Å². The Morgan fingerprint density at radius 1 is 1.14 bits per heavy atom. The first kappa shape index (κ1) is 19.7. The summed E-state index contributed by atoms with van der Waals surface area (Å²) < 4.78 is 6.16. The molecule has 1 aromatic heterocycles. The summed E-state index contributed by atoms with van der Waals surface area (Å²) in [5, 5.41) is 0.772. The molecule has 2 heterocycles. The second kappa shape index (κ2) is 8.41. The number of piperidine rings is 1. The number of aromatic nitrogens is 1. The van der Waals surface area contributed by atoms with Gasteiger partial charge in [0.1, 0.15) is 3.70 Å². The van der Waals surface area contributed by atoms with Crippen LogP contribution in [0.3, 0.4) is 0 Å². The van der Waals surface area contributed by atoms with Crippen LogP contribution in [-0.2, 0) is 17.6 Å². The van der Waals surface area contributed by atoms with Crippen molar-refractivity contribution in [2.75, 3.05) is 19.7 Å². The molecule has 0 atom stereocenters. The predicted molar refractivity (Wildman–Crippen MR) is 120 cm³/mol. The van der Waals surface area contributed by atoms with Crippen LogP contribution in [0.1, 0.15) is 42.1 Å². The molecule has 146 valence electrons. The zero-order valence-electron chi connectivity index (χ0n) is 15.8. The van der Waals surface area contributed by atoms with Crippen molar-refractivity contribution >= 4 is 45.9 Å². The molecule has 1 aromatic carbocycles. The van der Waals surface area contributed by atoms with E-state index in [-0.39, 0.29) is 6.09 Å². The molecule has 1 amide bonds. The topological polar surface area (TPSA) is 42.4 Å². The zero-order chi connectivity index (χ0) is 19.7. The summed E-state index contributed by atoms with van der Waals surface area (Å²) >= 11 is 8.57. The molecule has 0 radical (unpaired) electrons. The van der Waals surface area contributed by atoms with Crippen LogP contribution in [0, 0.1) is 3.70 Å². The van der Waals surface area contributed by atoms with Gasteiger partial charge in [-0.15, -0.1) is 0 Å². The van der Waals surface area contributed by atoms with Gasteiger partial charge in [-0.2, -0.15) is 0 Å². The molecule has 4 nitrogen and oxygen atoms in total. The quantitative estimate of drug-likeness (QED) is 0.378. The Morgan fingerprint density at radius 3 is 2.64 bits per heavy atom. The Bertz CT molecular complexity index is 948. The number of hydrogen-bond donors (Lipinski definition) is 0. The molecule has 2 aromatic rings. The molecule has 2 aliphatic rings. The van der Waals surface area contributed by atoms with Gasteiger partial charge in [0.2, 0.25) is 0 Å². The van der Waals surface area contributed by atoms with E-state index in [9.17, 15) is 4.79 Å². The minimum atomic E-state index is -0.215. The van der Waals surface area contributed by atoms with Crippen molar-refractivity contribution in [3.8, 4) is 0 Å². The third kappa shape index (κ3) is 3.92. The van der Waals surface area contributed by atoms with Crippen molar-refractivity contribution < 1.29 is 9.53 Å². The largest absolute Gasteiger partial charge is 0.450 e. The number of halogens is 2. The van der Waals surface area contributed by atoms with Gasteiger partial charge in [-0.3, -0.25) is 0 Å². The number of carbonyl (C=O) groups is 1. The maximum Gasteiger partial charge on any atom is 0.409 e. The second-order valence-electron chi connectivity index (χ2n) is 7.11. The molecule has 0 bridgehead atoms. The average Bonchev–Trinajstić information content (AvgIpc) is 2.84. The van der Waals surface area contributed by atoms with Crippen LogP contribution in [0.15, 0.2) is 35.9 Å². The van der Waals surface area contributed by atoms with Gasteiger partial charge in [-0.1, -0.05) is 29.3 Å². The SMILES string of the molecule is CCOC(=O)N1CCC(=C2c3ccc(Cl)cc3CCc3ccc(I)nc32)CC1. The molecule has 28 heavy (non-hydrogen) atoms. The first-order valence-corrected chi connectivity index (χ1v) is 11.1. The third-order valence-electron chi connectivity index (χ3n) is 5.43. The van der Waals surface area contributed by atoms with Crippen molar-refractivity contribution in [1.29, 1.82) is 0 Å². The highest BCUT2D eigenvalue weighted by Crippen LogP contribution is 2.38. The summed E-state index contributed by atoms with van der Waals surface area (Å²) in [5.74, 6) is 0. The number of fused-ring (bicyclic) bond motifs is 2. The van der Waals surface area contributed by atoms with E-state index < -0.39 is 0 Å². The van der Waals surface area contributed by atoms with E-state index in [1.807, 2.05) is 13.0 Å². The fourth-order valence-corrected chi connectivity index (χ4v) is 4.69. The average molecular weight is 509 g/mol. The molecule has 0 saturated carbocycles. The maximum absolute atomic E-state index is 12.1. The lowest BCUT2D eigenvalue weighted by Crippen LogP contribution is -2.37. The molecule has 6 heteroatoms. The Hall–Kier alpha value is -1.60. The highest BCUT2D eigenvalue weighted by atomic mass is 127. The number of amides is 1. The van der Waals surface area contributed by atoms with E-state index in [2.05, 4.69) is 46.9 Å². The zero-order valence-corrected chi connectivity index (χ0v) is 18.7. The molecule has 4 rings (SSSR count). The lowest BCUT2D eigenvalue weighted by atomic mass is 9.88. The molecular weight excluding hydrogens is 487 g/mol. The maximum atomic E-state index is 12.1. The Morgan fingerprint density at radius 2 is 1.89 bits per heavy atom. The summed E-state index contributed by atoms with van der Waals surface area (Å²) in [6.07, 6.45) is 3.37. The van der Waals surface area contributed by atoms with Gasteiger partial charge in [0.25, 0.3) is 0 Å². The van der Waals surface area contributed by atoms with Crippen LogP contribution in [-0.4, -0.2) is 35.7 Å². The number of aryl methyl sites for hydroxylation is 2. The Labute approximate surface area is 184 Å². The normalized spacial score (nSPS) is 16.3. The van der Waals surface area contributed by atoms with E-state index >= 15 is 0 Å². The van der Waals surface area contributed by atoms with Crippen LogP contribution in [0.25, 0.3) is 5.57 Å². The molecule has 0 unspecified atom stereocenters. The minimum absolute atomic E-state index is 0.215. The smallest absolute Gasteiger partial charge is 0.409 e. The van der Waals surface area contributed by atoms with Crippen LogP contribution in [0.4, 0.5) is 4.79 Å². The van der Waals surface area contributed by atoms with Gasteiger partial charge >= 0.3 is 6.09 Å². The van der Waals surface area contributed by atoms with Gasteiger partial charge in [-0.25, -0.2) is 9.78 Å². The summed E-state index contributed by atoms with van der Waals surface area (Å²) in [7, 11) is 0. The van der Waals surface area contributed by atoms with Gasteiger partial charge < -0.3 is 9.64 Å². The van der Waals surface area contributed by atoms with Crippen LogP contribution < -0.4 is 0 Å². The molecule has 0 spiro atoms. The second-order valence-corrected chi connectivity index (χ2v) is 8.65. The van der Waals surface area contributed by atoms with Gasteiger partial charge in [-0.05, 0) is 90.1 Å². The fraction of sp³-hybridized carbons (Fsp3) is 0.364. The molecular formula is C22H22ClIN2O2. The summed E-state index contributed by atoms with van der Waals surface area (Å²) in [5.41, 5.74) is 7.48. The van der Waals surface area contributed by atoms with E-state index in [1.165, 1.54) is 27.8 Å². The standard InChI is InChI=1S/C22H22ClIN2O2/c1-2-28-22(27)26-11-9-14(10-12-26)20-18-7-6-17(23)13-16(18)4-3-15-5-8-19(24)25-21(15)20/h5-8,13H,2-4,9-12H2,1H3. The van der Waals surface area contributed by atoms with E-state index in [1.54, 1.807) is 4.90 Å². The van der Waals surface area contributed by atoms with Crippen LogP contribution in [0.5, 0.6) is 0 Å². The highest BCUT2D eigenvalue weighted by Gasteiger charge is 2.27. The summed E-state index contributed by atoms with van der Waals surface area (Å²) in [4.78, 5) is 18.8. The number of hydrogen-bond acceptors (Lipinski definition) is 3. The van der Waals surface area contributed by atoms with Crippen LogP contribution in [0.2, 0.25) is 5.02 Å². The van der Waals surface area contributed by atoms with Crippen molar-refractivity contribution in [2.45, 2.75) is 32.6 Å². The monoisotopic (exact) mass is 508 g/mol. The lowest BCUT2D eigenvalue weighted by molar-refractivity contribution is 0.104. The number of carbonyl (C=O) groups excluding carboxylic acids is 1. The van der Waals surface area contributed by atoms with E-state index in [0.29, 0.717) is 19.7 Å². The molecule has 0 N–H and O–H groups in total. The predicted octanol–water partition coefficient (Wildman–Crippen LogP) is 5.49.